The highest BCUT2D eigenvalue weighted by Gasteiger charge is 2.15. The first-order chi connectivity index (χ1) is 10.0. The van der Waals surface area contributed by atoms with Crippen LogP contribution < -0.4 is 5.56 Å². The number of rotatable bonds is 2. The van der Waals surface area contributed by atoms with Crippen LogP contribution >= 0.6 is 0 Å². The van der Waals surface area contributed by atoms with Crippen molar-refractivity contribution in [2.24, 2.45) is 0 Å². The van der Waals surface area contributed by atoms with Gasteiger partial charge in [0.25, 0.3) is 5.56 Å². The summed E-state index contributed by atoms with van der Waals surface area (Å²) >= 11 is 0. The summed E-state index contributed by atoms with van der Waals surface area (Å²) in [7, 11) is 0. The van der Waals surface area contributed by atoms with Gasteiger partial charge in [0.05, 0.1) is 0 Å². The highest BCUT2D eigenvalue weighted by molar-refractivity contribution is 5.69. The zero-order valence-electron chi connectivity index (χ0n) is 11.7. The topological polar surface area (TPSA) is 79.1 Å². The quantitative estimate of drug-likeness (QED) is 0.757. The zero-order valence-corrected chi connectivity index (χ0v) is 11.7. The fraction of sp³-hybridized carbons (Fsp3) is 0.125. The Kier molecular flexibility index (Phi) is 3.10. The summed E-state index contributed by atoms with van der Waals surface area (Å²) in [6.45, 7) is 3.71. The summed E-state index contributed by atoms with van der Waals surface area (Å²) in [6.07, 6.45) is 0. The van der Waals surface area contributed by atoms with E-state index in [1.54, 1.807) is 25.1 Å². The third-order valence-electron chi connectivity index (χ3n) is 3.18. The number of aromatic amines is 1. The van der Waals surface area contributed by atoms with E-state index >= 15 is 0 Å². The monoisotopic (exact) mass is 282 g/mol. The van der Waals surface area contributed by atoms with E-state index in [0.29, 0.717) is 17.1 Å². The number of aromatic nitrogens is 2. The fourth-order valence-electron chi connectivity index (χ4n) is 2.20. The number of nitrogens with zero attached hydrogens (tertiary/aromatic N) is 1. The molecule has 2 heterocycles. The van der Waals surface area contributed by atoms with Gasteiger partial charge in [-0.15, -0.1) is 0 Å². The van der Waals surface area contributed by atoms with Crippen molar-refractivity contribution in [1.82, 2.24) is 9.97 Å². The Morgan fingerprint density at radius 1 is 1.19 bits per heavy atom. The van der Waals surface area contributed by atoms with Gasteiger partial charge in [0, 0.05) is 0 Å². The van der Waals surface area contributed by atoms with Gasteiger partial charge >= 0.3 is 0 Å². The number of hydrogen-bond donors (Lipinski definition) is 2. The molecule has 3 aromatic rings. The lowest BCUT2D eigenvalue weighted by molar-refractivity contribution is 0.452. The maximum atomic E-state index is 12.3. The van der Waals surface area contributed by atoms with Crippen molar-refractivity contribution in [3.63, 3.8) is 0 Å². The van der Waals surface area contributed by atoms with Crippen molar-refractivity contribution < 1.29 is 9.52 Å². The van der Waals surface area contributed by atoms with Crippen LogP contribution in [0.3, 0.4) is 0 Å². The second-order valence-corrected chi connectivity index (χ2v) is 4.89. The normalized spacial score (nSPS) is 10.8. The summed E-state index contributed by atoms with van der Waals surface area (Å²) in [5, 5.41) is 10.1. The lowest BCUT2D eigenvalue weighted by Crippen LogP contribution is -2.12. The first-order valence-electron chi connectivity index (χ1n) is 6.52. The number of aromatic hydroxyl groups is 1. The molecule has 2 aromatic heterocycles. The Bertz CT molecular complexity index is 862. The Hall–Kier alpha value is -2.82. The van der Waals surface area contributed by atoms with Gasteiger partial charge in [-0.25, -0.2) is 0 Å². The molecule has 0 aliphatic heterocycles. The number of benzene rings is 1. The van der Waals surface area contributed by atoms with E-state index in [4.69, 9.17) is 4.42 Å². The van der Waals surface area contributed by atoms with E-state index in [9.17, 15) is 9.90 Å². The standard InChI is InChI=1S/C16H14N2O3/c1-9-4-3-5-11(8-9)13-15(19)17-14(18-16(13)20)12-7-6-10(2)21-12/h3-8H,1-2H3,(H2,17,18,19,20). The number of hydrogen-bond acceptors (Lipinski definition) is 4. The van der Waals surface area contributed by atoms with E-state index in [1.165, 1.54) is 0 Å². The molecule has 106 valence electrons. The van der Waals surface area contributed by atoms with Gasteiger partial charge in [-0.2, -0.15) is 4.98 Å². The minimum atomic E-state index is -0.405. The first kappa shape index (κ1) is 13.2. The molecule has 0 amide bonds. The summed E-state index contributed by atoms with van der Waals surface area (Å²) in [6, 6.07) is 10.8. The largest absolute Gasteiger partial charge is 0.493 e. The van der Waals surface area contributed by atoms with Crippen LogP contribution in [0.25, 0.3) is 22.7 Å². The maximum Gasteiger partial charge on any atom is 0.263 e. The van der Waals surface area contributed by atoms with E-state index in [0.717, 1.165) is 5.56 Å². The van der Waals surface area contributed by atoms with Crippen molar-refractivity contribution in [2.75, 3.05) is 0 Å². The highest BCUT2D eigenvalue weighted by atomic mass is 16.3. The van der Waals surface area contributed by atoms with Crippen LogP contribution in [0.4, 0.5) is 0 Å². The van der Waals surface area contributed by atoms with Gasteiger partial charge in [-0.1, -0.05) is 29.8 Å². The zero-order chi connectivity index (χ0) is 15.0. The van der Waals surface area contributed by atoms with Crippen LogP contribution in [0, 0.1) is 13.8 Å². The van der Waals surface area contributed by atoms with Crippen LogP contribution in [-0.4, -0.2) is 15.1 Å². The van der Waals surface area contributed by atoms with Gasteiger partial charge in [-0.3, -0.25) is 4.79 Å². The third-order valence-corrected chi connectivity index (χ3v) is 3.18. The van der Waals surface area contributed by atoms with Gasteiger partial charge in [0.1, 0.15) is 11.3 Å². The molecule has 0 bridgehead atoms. The van der Waals surface area contributed by atoms with Gasteiger partial charge in [0.15, 0.2) is 11.6 Å². The third kappa shape index (κ3) is 2.45. The molecule has 5 heteroatoms. The number of nitrogens with one attached hydrogen (secondary N) is 1. The number of aryl methyl sites for hydroxylation is 2. The van der Waals surface area contributed by atoms with Crippen molar-refractivity contribution in [1.29, 1.82) is 0 Å². The molecule has 5 nitrogen and oxygen atoms in total. The van der Waals surface area contributed by atoms with Crippen LogP contribution in [0.2, 0.25) is 0 Å². The summed E-state index contributed by atoms with van der Waals surface area (Å²) < 4.78 is 5.40. The van der Waals surface area contributed by atoms with Crippen LogP contribution in [-0.2, 0) is 0 Å². The SMILES string of the molecule is Cc1cccc(-c2c(O)nc(-c3ccc(C)o3)[nH]c2=O)c1. The first-order valence-corrected chi connectivity index (χ1v) is 6.52. The van der Waals surface area contributed by atoms with E-state index < -0.39 is 5.56 Å². The smallest absolute Gasteiger partial charge is 0.263 e. The molecular formula is C16H14N2O3. The molecule has 0 aliphatic rings. The second-order valence-electron chi connectivity index (χ2n) is 4.89. The molecule has 1 aromatic carbocycles. The van der Waals surface area contributed by atoms with Crippen molar-refractivity contribution in [3.8, 4) is 28.6 Å². The van der Waals surface area contributed by atoms with Crippen molar-refractivity contribution >= 4 is 0 Å². The van der Waals surface area contributed by atoms with E-state index in [2.05, 4.69) is 9.97 Å². The predicted molar refractivity (Wildman–Crippen MR) is 79.1 cm³/mol. The number of furan rings is 1. The highest BCUT2D eigenvalue weighted by Crippen LogP contribution is 2.26. The molecule has 0 fully saturated rings. The Morgan fingerprint density at radius 2 is 2.00 bits per heavy atom. The van der Waals surface area contributed by atoms with Crippen LogP contribution in [0.15, 0.2) is 45.6 Å². The minimum absolute atomic E-state index is 0.158. The summed E-state index contributed by atoms with van der Waals surface area (Å²) in [5.41, 5.74) is 1.38. The Morgan fingerprint density at radius 3 is 2.62 bits per heavy atom. The maximum absolute atomic E-state index is 12.3. The van der Waals surface area contributed by atoms with E-state index in [1.807, 2.05) is 25.1 Å². The molecule has 0 atom stereocenters. The molecule has 0 unspecified atom stereocenters. The molecule has 21 heavy (non-hydrogen) atoms. The molecule has 0 saturated heterocycles. The van der Waals surface area contributed by atoms with Gasteiger partial charge in [-0.05, 0) is 31.5 Å². The van der Waals surface area contributed by atoms with Gasteiger partial charge < -0.3 is 14.5 Å². The van der Waals surface area contributed by atoms with Gasteiger partial charge in [0.2, 0.25) is 5.88 Å². The Labute approximate surface area is 120 Å². The van der Waals surface area contributed by atoms with Crippen molar-refractivity contribution in [3.05, 3.63) is 58.1 Å². The van der Waals surface area contributed by atoms with Crippen LogP contribution in [0.1, 0.15) is 11.3 Å². The van der Waals surface area contributed by atoms with Crippen LogP contribution in [0.5, 0.6) is 5.88 Å². The molecular weight excluding hydrogens is 268 g/mol. The molecule has 0 saturated carbocycles. The number of H-pyrrole nitrogens is 1. The molecule has 3 rings (SSSR count). The fourth-order valence-corrected chi connectivity index (χ4v) is 2.20. The average Bonchev–Trinajstić information content (AvgIpc) is 2.85. The lowest BCUT2D eigenvalue weighted by atomic mass is 10.1. The predicted octanol–water partition coefficient (Wildman–Crippen LogP) is 3.02. The summed E-state index contributed by atoms with van der Waals surface area (Å²) in [5.74, 6) is 1.01. The lowest BCUT2D eigenvalue weighted by Gasteiger charge is -2.05. The average molecular weight is 282 g/mol. The Balaban J connectivity index is 2.15. The minimum Gasteiger partial charge on any atom is -0.493 e. The van der Waals surface area contributed by atoms with E-state index in [-0.39, 0.29) is 17.3 Å². The molecule has 2 N–H and O–H groups in total. The molecule has 0 radical (unpaired) electrons. The second kappa shape index (κ2) is 4.94. The van der Waals surface area contributed by atoms with Crippen molar-refractivity contribution in [2.45, 2.75) is 13.8 Å². The summed E-state index contributed by atoms with van der Waals surface area (Å²) in [4.78, 5) is 18.9. The molecule has 0 aliphatic carbocycles. The molecule has 0 spiro atoms.